The Bertz CT molecular complexity index is 692. The summed E-state index contributed by atoms with van der Waals surface area (Å²) in [6, 6.07) is 4.69. The van der Waals surface area contributed by atoms with E-state index < -0.39 is 6.61 Å². The van der Waals surface area contributed by atoms with E-state index in [0.717, 1.165) is 13.0 Å². The lowest BCUT2D eigenvalue weighted by Gasteiger charge is -2.15. The summed E-state index contributed by atoms with van der Waals surface area (Å²) < 4.78 is 36.8. The Morgan fingerprint density at radius 1 is 1.35 bits per heavy atom. The fraction of sp³-hybridized carbons (Fsp3) is 0.412. The minimum absolute atomic E-state index is 0.101. The Kier molecular flexibility index (Phi) is 7.66. The lowest BCUT2D eigenvalue weighted by Crippen LogP contribution is -2.37. The molecule has 1 aromatic carbocycles. The van der Waals surface area contributed by atoms with E-state index in [1.807, 2.05) is 10.8 Å². The summed E-state index contributed by atoms with van der Waals surface area (Å²) in [4.78, 5) is 8.11. The van der Waals surface area contributed by atoms with Crippen LogP contribution in [0.3, 0.4) is 0 Å². The maximum atomic E-state index is 12.6. The second-order valence-corrected chi connectivity index (χ2v) is 5.36. The quantitative estimate of drug-likeness (QED) is 0.404. The number of hydrogen-bond acceptors (Lipinski definition) is 4. The third-order valence-electron chi connectivity index (χ3n) is 3.60. The number of rotatable bonds is 9. The van der Waals surface area contributed by atoms with Gasteiger partial charge in [-0.1, -0.05) is 0 Å². The van der Waals surface area contributed by atoms with Crippen LogP contribution in [-0.4, -0.2) is 42.8 Å². The predicted octanol–water partition coefficient (Wildman–Crippen LogP) is 2.25. The summed E-state index contributed by atoms with van der Waals surface area (Å²) in [5.41, 5.74) is 0.547. The lowest BCUT2D eigenvalue weighted by molar-refractivity contribution is -0.0504. The average Bonchev–Trinajstić information content (AvgIpc) is 3.15. The SMILES string of the molecule is CN=C(NCCCn1ccnc1)NCc1cc(OC)ccc1OC(F)F. The molecule has 2 N–H and O–H groups in total. The van der Waals surface area contributed by atoms with Crippen molar-refractivity contribution in [3.05, 3.63) is 42.5 Å². The fourth-order valence-electron chi connectivity index (χ4n) is 2.32. The minimum Gasteiger partial charge on any atom is -0.497 e. The number of benzene rings is 1. The van der Waals surface area contributed by atoms with Gasteiger partial charge in [0, 0.05) is 44.6 Å². The molecule has 0 saturated heterocycles. The molecule has 7 nitrogen and oxygen atoms in total. The number of alkyl halides is 2. The summed E-state index contributed by atoms with van der Waals surface area (Å²) in [5.74, 6) is 1.23. The average molecular weight is 367 g/mol. The van der Waals surface area contributed by atoms with Crippen LogP contribution in [0.25, 0.3) is 0 Å². The molecule has 0 saturated carbocycles. The Morgan fingerprint density at radius 3 is 2.85 bits per heavy atom. The van der Waals surface area contributed by atoms with Gasteiger partial charge in [0.25, 0.3) is 0 Å². The van der Waals surface area contributed by atoms with E-state index in [0.29, 0.717) is 23.8 Å². The molecule has 142 valence electrons. The van der Waals surface area contributed by atoms with E-state index in [-0.39, 0.29) is 12.3 Å². The topological polar surface area (TPSA) is 72.7 Å². The molecule has 0 atom stereocenters. The Hall–Kier alpha value is -2.84. The maximum absolute atomic E-state index is 12.6. The monoisotopic (exact) mass is 367 g/mol. The molecular formula is C17H23F2N5O2. The molecule has 9 heteroatoms. The molecule has 26 heavy (non-hydrogen) atoms. The summed E-state index contributed by atoms with van der Waals surface area (Å²) in [5, 5.41) is 6.26. The van der Waals surface area contributed by atoms with Crippen molar-refractivity contribution in [3.63, 3.8) is 0 Å². The van der Waals surface area contributed by atoms with Gasteiger partial charge < -0.3 is 24.7 Å². The number of nitrogens with zero attached hydrogens (tertiary/aromatic N) is 3. The van der Waals surface area contributed by atoms with Crippen molar-refractivity contribution in [2.75, 3.05) is 20.7 Å². The van der Waals surface area contributed by atoms with Crippen molar-refractivity contribution >= 4 is 5.96 Å². The Balaban J connectivity index is 1.86. The Labute approximate surface area is 151 Å². The van der Waals surface area contributed by atoms with Crippen LogP contribution in [0.5, 0.6) is 11.5 Å². The minimum atomic E-state index is -2.89. The molecule has 0 fully saturated rings. The Morgan fingerprint density at radius 2 is 2.19 bits per heavy atom. The van der Waals surface area contributed by atoms with E-state index in [1.54, 1.807) is 31.7 Å². The second kappa shape index (κ2) is 10.2. The van der Waals surface area contributed by atoms with Crippen molar-refractivity contribution in [2.45, 2.75) is 26.1 Å². The number of imidazole rings is 1. The number of halogens is 2. The van der Waals surface area contributed by atoms with Gasteiger partial charge in [0.05, 0.1) is 13.4 Å². The van der Waals surface area contributed by atoms with Crippen molar-refractivity contribution in [2.24, 2.45) is 4.99 Å². The zero-order valence-electron chi connectivity index (χ0n) is 14.8. The van der Waals surface area contributed by atoms with Gasteiger partial charge in [0.2, 0.25) is 0 Å². The summed E-state index contributed by atoms with van der Waals surface area (Å²) in [6.07, 6.45) is 6.29. The molecule has 1 heterocycles. The molecule has 0 bridgehead atoms. The van der Waals surface area contributed by atoms with Crippen LogP contribution in [0.2, 0.25) is 0 Å². The highest BCUT2D eigenvalue weighted by atomic mass is 19.3. The van der Waals surface area contributed by atoms with Crippen LogP contribution >= 0.6 is 0 Å². The zero-order valence-corrected chi connectivity index (χ0v) is 14.8. The highest BCUT2D eigenvalue weighted by molar-refractivity contribution is 5.79. The molecule has 2 aromatic rings. The second-order valence-electron chi connectivity index (χ2n) is 5.36. The normalized spacial score (nSPS) is 11.5. The van der Waals surface area contributed by atoms with Gasteiger partial charge in [-0.3, -0.25) is 4.99 Å². The van der Waals surface area contributed by atoms with E-state index in [9.17, 15) is 8.78 Å². The predicted molar refractivity (Wildman–Crippen MR) is 94.7 cm³/mol. The lowest BCUT2D eigenvalue weighted by atomic mass is 10.2. The molecule has 0 unspecified atom stereocenters. The molecule has 0 aliphatic heterocycles. The van der Waals surface area contributed by atoms with Crippen molar-refractivity contribution in [1.82, 2.24) is 20.2 Å². The smallest absolute Gasteiger partial charge is 0.387 e. The van der Waals surface area contributed by atoms with Crippen LogP contribution in [0.15, 0.2) is 41.9 Å². The van der Waals surface area contributed by atoms with E-state index in [4.69, 9.17) is 4.74 Å². The van der Waals surface area contributed by atoms with Crippen LogP contribution < -0.4 is 20.1 Å². The summed E-state index contributed by atoms with van der Waals surface area (Å²) in [7, 11) is 3.16. The van der Waals surface area contributed by atoms with Crippen LogP contribution in [-0.2, 0) is 13.1 Å². The first-order valence-corrected chi connectivity index (χ1v) is 8.14. The molecule has 0 spiro atoms. The first-order chi connectivity index (χ1) is 12.6. The maximum Gasteiger partial charge on any atom is 0.387 e. The van der Waals surface area contributed by atoms with Gasteiger partial charge in [-0.25, -0.2) is 4.98 Å². The van der Waals surface area contributed by atoms with Gasteiger partial charge in [0.1, 0.15) is 11.5 Å². The van der Waals surface area contributed by atoms with Gasteiger partial charge in [0.15, 0.2) is 5.96 Å². The molecule has 1 aromatic heterocycles. The third-order valence-corrected chi connectivity index (χ3v) is 3.60. The first kappa shape index (κ1) is 19.5. The van der Waals surface area contributed by atoms with Crippen LogP contribution in [0, 0.1) is 0 Å². The van der Waals surface area contributed by atoms with Crippen molar-refractivity contribution < 1.29 is 18.3 Å². The zero-order chi connectivity index (χ0) is 18.8. The number of guanidine groups is 1. The number of ether oxygens (including phenoxy) is 2. The first-order valence-electron chi connectivity index (χ1n) is 8.14. The van der Waals surface area contributed by atoms with E-state index in [2.05, 4.69) is 25.3 Å². The molecule has 0 radical (unpaired) electrons. The highest BCUT2D eigenvalue weighted by Gasteiger charge is 2.11. The third kappa shape index (κ3) is 6.23. The number of aliphatic imine (C=N–C) groups is 1. The molecular weight excluding hydrogens is 344 g/mol. The molecule has 0 aliphatic rings. The van der Waals surface area contributed by atoms with Gasteiger partial charge in [-0.2, -0.15) is 8.78 Å². The van der Waals surface area contributed by atoms with Crippen molar-refractivity contribution in [1.29, 1.82) is 0 Å². The van der Waals surface area contributed by atoms with Crippen LogP contribution in [0.1, 0.15) is 12.0 Å². The number of methoxy groups -OCH3 is 1. The van der Waals surface area contributed by atoms with Gasteiger partial charge in [-0.15, -0.1) is 0 Å². The number of aromatic nitrogens is 2. The van der Waals surface area contributed by atoms with E-state index in [1.165, 1.54) is 13.2 Å². The summed E-state index contributed by atoms with van der Waals surface area (Å²) in [6.45, 7) is -1.08. The number of nitrogens with one attached hydrogen (secondary N) is 2. The van der Waals surface area contributed by atoms with Gasteiger partial charge >= 0.3 is 6.61 Å². The van der Waals surface area contributed by atoms with Crippen molar-refractivity contribution in [3.8, 4) is 11.5 Å². The summed E-state index contributed by atoms with van der Waals surface area (Å²) >= 11 is 0. The fourth-order valence-corrected chi connectivity index (χ4v) is 2.32. The highest BCUT2D eigenvalue weighted by Crippen LogP contribution is 2.25. The van der Waals surface area contributed by atoms with Crippen LogP contribution in [0.4, 0.5) is 8.78 Å². The molecule has 2 rings (SSSR count). The van der Waals surface area contributed by atoms with Gasteiger partial charge in [-0.05, 0) is 24.6 Å². The molecule has 0 amide bonds. The largest absolute Gasteiger partial charge is 0.497 e. The number of aryl methyl sites for hydroxylation is 1. The standard InChI is InChI=1S/C17H23F2N5O2/c1-20-17(22-6-3-8-24-9-7-21-12-24)23-11-13-10-14(25-2)4-5-15(13)26-16(18)19/h4-5,7,9-10,12,16H,3,6,8,11H2,1-2H3,(H2,20,22,23). The molecule has 0 aliphatic carbocycles. The van der Waals surface area contributed by atoms with E-state index >= 15 is 0 Å². The number of hydrogen-bond donors (Lipinski definition) is 2.